The molecular weight excluding hydrogens is 218 g/mol. The van der Waals surface area contributed by atoms with Gasteiger partial charge in [0.1, 0.15) is 0 Å². The van der Waals surface area contributed by atoms with E-state index in [-0.39, 0.29) is 0 Å². The molecule has 0 aromatic carbocycles. The summed E-state index contributed by atoms with van der Waals surface area (Å²) in [4.78, 5) is 2.41. The third-order valence-electron chi connectivity index (χ3n) is 2.99. The van der Waals surface area contributed by atoms with Crippen LogP contribution < -0.4 is 5.32 Å². The van der Waals surface area contributed by atoms with Crippen LogP contribution in [0.3, 0.4) is 0 Å². The first-order chi connectivity index (χ1) is 8.29. The molecule has 2 rings (SSSR count). The zero-order valence-corrected chi connectivity index (χ0v) is 10.6. The lowest BCUT2D eigenvalue weighted by Gasteiger charge is -2.35. The first-order valence-corrected chi connectivity index (χ1v) is 6.17. The number of rotatable bonds is 5. The second kappa shape index (κ2) is 6.09. The van der Waals surface area contributed by atoms with Gasteiger partial charge in [-0.05, 0) is 6.54 Å². The van der Waals surface area contributed by atoms with Crippen molar-refractivity contribution in [2.45, 2.75) is 19.5 Å². The van der Waals surface area contributed by atoms with Crippen molar-refractivity contribution < 1.29 is 4.74 Å². The summed E-state index contributed by atoms with van der Waals surface area (Å²) in [6, 6.07) is 0.436. The number of nitrogens with zero attached hydrogens (tertiary/aromatic N) is 4. The molecule has 0 radical (unpaired) electrons. The number of nitrogens with one attached hydrogen (secondary N) is 1. The maximum absolute atomic E-state index is 5.53. The predicted octanol–water partition coefficient (Wildman–Crippen LogP) is -0.375. The molecule has 1 aliphatic heterocycles. The Balaban J connectivity index is 1.91. The molecule has 96 valence electrons. The number of hydrogen-bond donors (Lipinski definition) is 1. The van der Waals surface area contributed by atoms with Gasteiger partial charge in [0.25, 0.3) is 0 Å². The maximum Gasteiger partial charge on any atom is 0.0967 e. The summed E-state index contributed by atoms with van der Waals surface area (Å²) >= 11 is 0. The summed E-state index contributed by atoms with van der Waals surface area (Å²) in [5, 5.41) is 11.5. The summed E-state index contributed by atoms with van der Waals surface area (Å²) in [7, 11) is 1.89. The minimum atomic E-state index is 0.436. The number of aryl methyl sites for hydroxylation is 1. The van der Waals surface area contributed by atoms with Crippen molar-refractivity contribution in [1.82, 2.24) is 25.2 Å². The Labute approximate surface area is 102 Å². The fraction of sp³-hybridized carbons (Fsp3) is 0.818. The molecule has 1 unspecified atom stereocenters. The minimum absolute atomic E-state index is 0.436. The van der Waals surface area contributed by atoms with Crippen molar-refractivity contribution in [2.24, 2.45) is 7.05 Å². The van der Waals surface area contributed by atoms with Crippen LogP contribution in [0.5, 0.6) is 0 Å². The van der Waals surface area contributed by atoms with E-state index in [4.69, 9.17) is 4.74 Å². The van der Waals surface area contributed by atoms with Gasteiger partial charge in [-0.2, -0.15) is 0 Å². The molecule has 0 aliphatic carbocycles. The van der Waals surface area contributed by atoms with Crippen LogP contribution in [0.25, 0.3) is 0 Å². The van der Waals surface area contributed by atoms with Crippen molar-refractivity contribution in [3.63, 3.8) is 0 Å². The molecule has 1 fully saturated rings. The van der Waals surface area contributed by atoms with Gasteiger partial charge >= 0.3 is 0 Å². The van der Waals surface area contributed by atoms with Gasteiger partial charge in [0.2, 0.25) is 0 Å². The summed E-state index contributed by atoms with van der Waals surface area (Å²) in [5.74, 6) is 0. The zero-order valence-electron chi connectivity index (χ0n) is 10.6. The number of likely N-dealkylation sites (N-methyl/N-ethyl adjacent to an activating group) is 1. The van der Waals surface area contributed by atoms with Crippen molar-refractivity contribution in [3.8, 4) is 0 Å². The van der Waals surface area contributed by atoms with Crippen LogP contribution in [0.15, 0.2) is 6.20 Å². The molecule has 0 spiro atoms. The van der Waals surface area contributed by atoms with E-state index in [1.165, 1.54) is 0 Å². The Hall–Kier alpha value is -0.980. The number of morpholine rings is 1. The lowest BCUT2D eigenvalue weighted by molar-refractivity contribution is -0.0113. The molecular formula is C11H21N5O. The van der Waals surface area contributed by atoms with Gasteiger partial charge in [-0.25, -0.2) is 0 Å². The monoisotopic (exact) mass is 239 g/mol. The summed E-state index contributed by atoms with van der Waals surface area (Å²) in [6.45, 7) is 7.51. The van der Waals surface area contributed by atoms with Gasteiger partial charge in [-0.3, -0.25) is 9.58 Å². The molecule has 1 N–H and O–H groups in total. The maximum atomic E-state index is 5.53. The Kier molecular flexibility index (Phi) is 4.47. The average molecular weight is 239 g/mol. The smallest absolute Gasteiger partial charge is 0.0967 e. The largest absolute Gasteiger partial charge is 0.378 e. The highest BCUT2D eigenvalue weighted by molar-refractivity contribution is 4.93. The lowest BCUT2D eigenvalue weighted by atomic mass is 10.2. The van der Waals surface area contributed by atoms with Crippen molar-refractivity contribution in [2.75, 3.05) is 32.8 Å². The third kappa shape index (κ3) is 3.49. The molecule has 2 heterocycles. The summed E-state index contributed by atoms with van der Waals surface area (Å²) in [5.41, 5.74) is 1.02. The molecule has 0 amide bonds. The third-order valence-corrected chi connectivity index (χ3v) is 2.99. The summed E-state index contributed by atoms with van der Waals surface area (Å²) < 4.78 is 7.27. The van der Waals surface area contributed by atoms with Crippen LogP contribution in [0, 0.1) is 0 Å². The van der Waals surface area contributed by atoms with Crippen molar-refractivity contribution >= 4 is 0 Å². The van der Waals surface area contributed by atoms with Crippen LogP contribution >= 0.6 is 0 Å². The molecule has 1 atom stereocenters. The zero-order chi connectivity index (χ0) is 12.1. The molecule has 6 heteroatoms. The molecule has 6 nitrogen and oxygen atoms in total. The molecule has 0 bridgehead atoms. The van der Waals surface area contributed by atoms with E-state index < -0.39 is 0 Å². The fourth-order valence-corrected chi connectivity index (χ4v) is 2.07. The van der Waals surface area contributed by atoms with Crippen LogP contribution in [0.4, 0.5) is 0 Å². The molecule has 1 saturated heterocycles. The first kappa shape index (κ1) is 12.5. The predicted molar refractivity (Wildman–Crippen MR) is 64.6 cm³/mol. The van der Waals surface area contributed by atoms with Crippen LogP contribution in [-0.4, -0.2) is 58.8 Å². The van der Waals surface area contributed by atoms with Crippen molar-refractivity contribution in [3.05, 3.63) is 11.9 Å². The highest BCUT2D eigenvalue weighted by Crippen LogP contribution is 2.10. The van der Waals surface area contributed by atoms with Gasteiger partial charge in [0, 0.05) is 38.9 Å². The van der Waals surface area contributed by atoms with E-state index in [1.54, 1.807) is 4.68 Å². The number of hydrogen-bond acceptors (Lipinski definition) is 5. The Bertz CT molecular complexity index is 340. The summed E-state index contributed by atoms with van der Waals surface area (Å²) in [6.07, 6.45) is 1.97. The molecule has 1 aromatic rings. The van der Waals surface area contributed by atoms with Crippen molar-refractivity contribution in [1.29, 1.82) is 0 Å². The van der Waals surface area contributed by atoms with E-state index in [2.05, 4.69) is 27.5 Å². The first-order valence-electron chi connectivity index (χ1n) is 6.17. The average Bonchev–Trinajstić information content (AvgIpc) is 2.74. The van der Waals surface area contributed by atoms with Gasteiger partial charge < -0.3 is 10.1 Å². The van der Waals surface area contributed by atoms with Gasteiger partial charge in [-0.1, -0.05) is 12.1 Å². The van der Waals surface area contributed by atoms with Crippen LogP contribution in [0.2, 0.25) is 0 Å². The second-order valence-corrected chi connectivity index (χ2v) is 4.39. The fourth-order valence-electron chi connectivity index (χ4n) is 2.07. The van der Waals surface area contributed by atoms with Crippen LogP contribution in [-0.2, 0) is 18.3 Å². The minimum Gasteiger partial charge on any atom is -0.378 e. The standard InChI is InChI=1S/C11H21N5O/c1-3-12-6-11-9-17-5-4-16(11)8-10-7-15(2)14-13-10/h7,11-12H,3-6,8-9H2,1-2H3. The van der Waals surface area contributed by atoms with Crippen LogP contribution in [0.1, 0.15) is 12.6 Å². The number of aromatic nitrogens is 3. The molecule has 1 aliphatic rings. The SMILES string of the molecule is CCNCC1COCCN1Cc1cn(C)nn1. The van der Waals surface area contributed by atoms with E-state index in [0.29, 0.717) is 6.04 Å². The van der Waals surface area contributed by atoms with Gasteiger partial charge in [-0.15, -0.1) is 5.10 Å². The molecule has 0 saturated carbocycles. The normalized spacial score (nSPS) is 21.9. The van der Waals surface area contributed by atoms with Gasteiger partial charge in [0.15, 0.2) is 0 Å². The van der Waals surface area contributed by atoms with E-state index >= 15 is 0 Å². The highest BCUT2D eigenvalue weighted by atomic mass is 16.5. The Morgan fingerprint density at radius 3 is 3.18 bits per heavy atom. The second-order valence-electron chi connectivity index (χ2n) is 4.39. The topological polar surface area (TPSA) is 55.2 Å². The van der Waals surface area contributed by atoms with E-state index in [0.717, 1.165) is 45.1 Å². The van der Waals surface area contributed by atoms with E-state index in [9.17, 15) is 0 Å². The molecule has 17 heavy (non-hydrogen) atoms. The highest BCUT2D eigenvalue weighted by Gasteiger charge is 2.23. The molecule has 1 aromatic heterocycles. The van der Waals surface area contributed by atoms with Gasteiger partial charge in [0.05, 0.1) is 18.9 Å². The quantitative estimate of drug-likeness (QED) is 0.759. The Morgan fingerprint density at radius 2 is 2.47 bits per heavy atom. The lowest BCUT2D eigenvalue weighted by Crippen LogP contribution is -2.49. The Morgan fingerprint density at radius 1 is 1.59 bits per heavy atom. The number of ether oxygens (including phenoxy) is 1. The van der Waals surface area contributed by atoms with E-state index in [1.807, 2.05) is 13.2 Å².